The molecule has 5 nitrogen and oxygen atoms in total. The van der Waals surface area contributed by atoms with Gasteiger partial charge in [0.05, 0.1) is 6.04 Å². The third-order valence-corrected chi connectivity index (χ3v) is 6.06. The van der Waals surface area contributed by atoms with Gasteiger partial charge in [0.25, 0.3) is 0 Å². The zero-order valence-electron chi connectivity index (χ0n) is 17.2. The summed E-state index contributed by atoms with van der Waals surface area (Å²) in [6, 6.07) is 15.5. The van der Waals surface area contributed by atoms with Crippen molar-refractivity contribution in [3.05, 3.63) is 65.2 Å². The van der Waals surface area contributed by atoms with Crippen molar-refractivity contribution in [2.24, 2.45) is 0 Å². The number of hydrogen-bond acceptors (Lipinski definition) is 3. The Morgan fingerprint density at radius 3 is 2.52 bits per heavy atom. The second kappa shape index (κ2) is 8.37. The molecule has 2 aromatic rings. The summed E-state index contributed by atoms with van der Waals surface area (Å²) in [5.74, 6) is 0.396. The Hall–Kier alpha value is -2.66. The number of carbonyl (C=O) groups is 2. The molecule has 2 atom stereocenters. The molecular formula is C24H29N3O2. The van der Waals surface area contributed by atoms with E-state index in [9.17, 15) is 9.59 Å². The molecule has 0 aliphatic carbocycles. The average molecular weight is 392 g/mol. The van der Waals surface area contributed by atoms with Crippen molar-refractivity contribution in [3.63, 3.8) is 0 Å². The molecule has 2 amide bonds. The summed E-state index contributed by atoms with van der Waals surface area (Å²) in [6.07, 6.45) is 2.25. The van der Waals surface area contributed by atoms with Crippen molar-refractivity contribution in [3.8, 4) is 0 Å². The van der Waals surface area contributed by atoms with Crippen LogP contribution < -0.4 is 10.6 Å². The molecule has 0 saturated carbocycles. The Balaban J connectivity index is 1.42. The Kier molecular flexibility index (Phi) is 5.67. The first-order valence-electron chi connectivity index (χ1n) is 10.5. The van der Waals surface area contributed by atoms with Crippen LogP contribution >= 0.6 is 0 Å². The van der Waals surface area contributed by atoms with Crippen molar-refractivity contribution >= 4 is 17.5 Å². The minimum atomic E-state index is -0.397. The third-order valence-electron chi connectivity index (χ3n) is 6.06. The SMILES string of the molecule is CC(C)c1ccc(NC(=O)[C@H]2CCCN2C(=O)[C@@H]2Cc3ccccc3CN2)cc1. The van der Waals surface area contributed by atoms with E-state index in [0.29, 0.717) is 31.8 Å². The first-order chi connectivity index (χ1) is 14.0. The second-order valence-corrected chi connectivity index (χ2v) is 8.36. The highest BCUT2D eigenvalue weighted by atomic mass is 16.2. The first-order valence-corrected chi connectivity index (χ1v) is 10.5. The quantitative estimate of drug-likeness (QED) is 0.839. The van der Waals surface area contributed by atoms with E-state index in [0.717, 1.165) is 12.1 Å². The molecule has 2 aromatic carbocycles. The molecule has 2 heterocycles. The highest BCUT2D eigenvalue weighted by molar-refractivity contribution is 5.98. The molecule has 0 aromatic heterocycles. The lowest BCUT2D eigenvalue weighted by Gasteiger charge is -2.31. The number of anilines is 1. The fourth-order valence-corrected chi connectivity index (χ4v) is 4.31. The van der Waals surface area contributed by atoms with Gasteiger partial charge in [-0.2, -0.15) is 0 Å². The molecule has 0 spiro atoms. The minimum Gasteiger partial charge on any atom is -0.329 e. The number of amides is 2. The summed E-state index contributed by atoms with van der Waals surface area (Å²) in [7, 11) is 0. The molecule has 2 aliphatic rings. The standard InChI is InChI=1S/C24H29N3O2/c1-16(2)17-9-11-20(12-10-17)26-23(28)22-8-5-13-27(22)24(29)21-14-18-6-3-4-7-19(18)15-25-21/h3-4,6-7,9-12,16,21-22,25H,5,8,13-15H2,1-2H3,(H,26,28)/t21-,22+/m0/s1. The van der Waals surface area contributed by atoms with E-state index in [2.05, 4.69) is 36.6 Å². The molecule has 5 heteroatoms. The van der Waals surface area contributed by atoms with Gasteiger partial charge in [0.15, 0.2) is 0 Å². The predicted octanol–water partition coefficient (Wildman–Crippen LogP) is 3.45. The molecular weight excluding hydrogens is 362 g/mol. The van der Waals surface area contributed by atoms with Gasteiger partial charge in [-0.25, -0.2) is 0 Å². The Labute approximate surface area is 172 Å². The smallest absolute Gasteiger partial charge is 0.247 e. The van der Waals surface area contributed by atoms with E-state index in [1.54, 1.807) is 4.90 Å². The van der Waals surface area contributed by atoms with Gasteiger partial charge >= 0.3 is 0 Å². The summed E-state index contributed by atoms with van der Waals surface area (Å²) in [4.78, 5) is 27.9. The lowest BCUT2D eigenvalue weighted by atomic mass is 9.95. The van der Waals surface area contributed by atoms with Crippen LogP contribution in [-0.2, 0) is 22.6 Å². The van der Waals surface area contributed by atoms with Gasteiger partial charge in [0.1, 0.15) is 6.04 Å². The second-order valence-electron chi connectivity index (χ2n) is 8.36. The van der Waals surface area contributed by atoms with E-state index in [4.69, 9.17) is 0 Å². The van der Waals surface area contributed by atoms with Crippen LogP contribution in [0.15, 0.2) is 48.5 Å². The third kappa shape index (κ3) is 4.20. The highest BCUT2D eigenvalue weighted by Crippen LogP contribution is 2.24. The molecule has 2 N–H and O–H groups in total. The number of nitrogens with zero attached hydrogens (tertiary/aromatic N) is 1. The maximum absolute atomic E-state index is 13.2. The largest absolute Gasteiger partial charge is 0.329 e. The molecule has 0 unspecified atom stereocenters. The van der Waals surface area contributed by atoms with E-state index >= 15 is 0 Å². The zero-order chi connectivity index (χ0) is 20.4. The number of fused-ring (bicyclic) bond motifs is 1. The molecule has 1 saturated heterocycles. The molecule has 4 rings (SSSR count). The Bertz CT molecular complexity index is 891. The van der Waals surface area contributed by atoms with Crippen LogP contribution in [0, 0.1) is 0 Å². The summed E-state index contributed by atoms with van der Waals surface area (Å²) in [6.45, 7) is 5.63. The van der Waals surface area contributed by atoms with Crippen molar-refractivity contribution in [2.45, 2.75) is 57.7 Å². The van der Waals surface area contributed by atoms with Gasteiger partial charge < -0.3 is 15.5 Å². The van der Waals surface area contributed by atoms with E-state index < -0.39 is 6.04 Å². The fourth-order valence-electron chi connectivity index (χ4n) is 4.31. The van der Waals surface area contributed by atoms with Gasteiger partial charge in [-0.05, 0) is 54.0 Å². The molecule has 0 radical (unpaired) electrons. The summed E-state index contributed by atoms with van der Waals surface area (Å²) in [5, 5.41) is 6.36. The minimum absolute atomic E-state index is 0.0345. The highest BCUT2D eigenvalue weighted by Gasteiger charge is 2.38. The van der Waals surface area contributed by atoms with Crippen LogP contribution in [0.3, 0.4) is 0 Å². The number of nitrogens with one attached hydrogen (secondary N) is 2. The van der Waals surface area contributed by atoms with Crippen molar-refractivity contribution < 1.29 is 9.59 Å². The van der Waals surface area contributed by atoms with Crippen LogP contribution in [0.1, 0.15) is 49.3 Å². The molecule has 29 heavy (non-hydrogen) atoms. The molecule has 0 bridgehead atoms. The average Bonchev–Trinajstić information content (AvgIpc) is 3.23. The molecule has 152 valence electrons. The van der Waals surface area contributed by atoms with Crippen molar-refractivity contribution in [1.82, 2.24) is 10.2 Å². The zero-order valence-corrected chi connectivity index (χ0v) is 17.2. The molecule has 2 aliphatic heterocycles. The topological polar surface area (TPSA) is 61.4 Å². The fraction of sp³-hybridized carbons (Fsp3) is 0.417. The van der Waals surface area contributed by atoms with Crippen molar-refractivity contribution in [2.75, 3.05) is 11.9 Å². The monoisotopic (exact) mass is 391 g/mol. The Morgan fingerprint density at radius 2 is 1.79 bits per heavy atom. The van der Waals surface area contributed by atoms with Gasteiger partial charge in [-0.1, -0.05) is 50.2 Å². The predicted molar refractivity (Wildman–Crippen MR) is 115 cm³/mol. The van der Waals surface area contributed by atoms with Crippen LogP contribution in [0.2, 0.25) is 0 Å². The van der Waals surface area contributed by atoms with Gasteiger partial charge in [0.2, 0.25) is 11.8 Å². The van der Waals surface area contributed by atoms with Gasteiger partial charge in [-0.3, -0.25) is 9.59 Å². The lowest BCUT2D eigenvalue weighted by Crippen LogP contribution is -2.53. The van der Waals surface area contributed by atoms with Gasteiger partial charge in [0, 0.05) is 18.8 Å². The van der Waals surface area contributed by atoms with E-state index in [1.807, 2.05) is 36.4 Å². The van der Waals surface area contributed by atoms with E-state index in [-0.39, 0.29) is 17.9 Å². The van der Waals surface area contributed by atoms with Gasteiger partial charge in [-0.15, -0.1) is 0 Å². The summed E-state index contributed by atoms with van der Waals surface area (Å²) < 4.78 is 0. The Morgan fingerprint density at radius 1 is 1.07 bits per heavy atom. The number of carbonyl (C=O) groups excluding carboxylic acids is 2. The van der Waals surface area contributed by atoms with Crippen molar-refractivity contribution in [1.29, 1.82) is 0 Å². The first kappa shape index (κ1) is 19.6. The number of rotatable bonds is 4. The number of hydrogen-bond donors (Lipinski definition) is 2. The summed E-state index contributed by atoms with van der Waals surface area (Å²) in [5.41, 5.74) is 4.49. The summed E-state index contributed by atoms with van der Waals surface area (Å²) >= 11 is 0. The number of likely N-dealkylation sites (tertiary alicyclic amines) is 1. The maximum atomic E-state index is 13.2. The van der Waals surface area contributed by atoms with Crippen LogP contribution in [0.25, 0.3) is 0 Å². The maximum Gasteiger partial charge on any atom is 0.247 e. The van der Waals surface area contributed by atoms with Crippen LogP contribution in [-0.4, -0.2) is 35.3 Å². The number of benzene rings is 2. The molecule has 1 fully saturated rings. The van der Waals surface area contributed by atoms with Crippen LogP contribution in [0.4, 0.5) is 5.69 Å². The lowest BCUT2D eigenvalue weighted by molar-refractivity contribution is -0.138. The van der Waals surface area contributed by atoms with E-state index in [1.165, 1.54) is 16.7 Å². The normalized spacial score (nSPS) is 21.1. The van der Waals surface area contributed by atoms with Crippen LogP contribution in [0.5, 0.6) is 0 Å².